The van der Waals surface area contributed by atoms with Gasteiger partial charge in [0.1, 0.15) is 11.5 Å². The average molecular weight is 261 g/mol. The van der Waals surface area contributed by atoms with Crippen molar-refractivity contribution in [2.45, 2.75) is 38.1 Å². The lowest BCUT2D eigenvalue weighted by molar-refractivity contribution is -0.121. The van der Waals surface area contributed by atoms with Gasteiger partial charge in [0.05, 0.1) is 7.11 Å². The van der Waals surface area contributed by atoms with E-state index in [4.69, 9.17) is 4.74 Å². The van der Waals surface area contributed by atoms with Crippen LogP contribution < -0.4 is 4.74 Å². The summed E-state index contributed by atoms with van der Waals surface area (Å²) in [5.41, 5.74) is 1.33. The van der Waals surface area contributed by atoms with Gasteiger partial charge in [0.2, 0.25) is 0 Å². The van der Waals surface area contributed by atoms with E-state index in [1.54, 1.807) is 7.11 Å². The van der Waals surface area contributed by atoms with E-state index in [0.29, 0.717) is 11.8 Å². The van der Waals surface area contributed by atoms with Crippen LogP contribution >= 0.6 is 0 Å². The van der Waals surface area contributed by atoms with Crippen molar-refractivity contribution in [2.75, 3.05) is 20.7 Å². The third-order valence-corrected chi connectivity index (χ3v) is 4.05. The van der Waals surface area contributed by atoms with Gasteiger partial charge in [-0.1, -0.05) is 12.1 Å². The third-order valence-electron chi connectivity index (χ3n) is 4.05. The van der Waals surface area contributed by atoms with Gasteiger partial charge in [-0.25, -0.2) is 0 Å². The Labute approximate surface area is 115 Å². The summed E-state index contributed by atoms with van der Waals surface area (Å²) in [6.07, 6.45) is 4.62. The van der Waals surface area contributed by atoms with Gasteiger partial charge in [0.25, 0.3) is 0 Å². The highest BCUT2D eigenvalue weighted by Crippen LogP contribution is 2.20. The van der Waals surface area contributed by atoms with Crippen LogP contribution in [0.15, 0.2) is 24.3 Å². The maximum Gasteiger partial charge on any atom is 0.133 e. The minimum absolute atomic E-state index is 0.430. The maximum absolute atomic E-state index is 11.2. The largest absolute Gasteiger partial charge is 0.497 e. The molecule has 0 aromatic heterocycles. The first-order chi connectivity index (χ1) is 9.19. The molecule has 104 valence electrons. The monoisotopic (exact) mass is 261 g/mol. The number of nitrogens with zero attached hydrogens (tertiary/aromatic N) is 1. The highest BCUT2D eigenvalue weighted by atomic mass is 16.5. The van der Waals surface area contributed by atoms with Crippen LogP contribution in [0.3, 0.4) is 0 Å². The molecule has 3 heteroatoms. The van der Waals surface area contributed by atoms with Crippen LogP contribution in [0.4, 0.5) is 0 Å². The number of carbonyl (C=O) groups excluding carboxylic acids is 1. The highest BCUT2D eigenvalue weighted by molar-refractivity contribution is 5.79. The summed E-state index contributed by atoms with van der Waals surface area (Å²) in [6.45, 7) is 1.05. The molecule has 1 aliphatic rings. The van der Waals surface area contributed by atoms with Gasteiger partial charge >= 0.3 is 0 Å². The third kappa shape index (κ3) is 4.06. The molecule has 3 nitrogen and oxygen atoms in total. The molecule has 0 bridgehead atoms. The normalized spacial score (nSPS) is 16.9. The number of hydrogen-bond acceptors (Lipinski definition) is 3. The summed E-state index contributed by atoms with van der Waals surface area (Å²) in [7, 11) is 3.86. The summed E-state index contributed by atoms with van der Waals surface area (Å²) >= 11 is 0. The fraction of sp³-hybridized carbons (Fsp3) is 0.562. The molecular weight excluding hydrogens is 238 g/mol. The number of likely N-dealkylation sites (N-methyl/N-ethyl adjacent to an activating group) is 1. The smallest absolute Gasteiger partial charge is 0.133 e. The molecule has 0 amide bonds. The Morgan fingerprint density at radius 3 is 2.42 bits per heavy atom. The zero-order valence-corrected chi connectivity index (χ0v) is 11.9. The topological polar surface area (TPSA) is 29.5 Å². The quantitative estimate of drug-likeness (QED) is 0.816. The van der Waals surface area contributed by atoms with E-state index < -0.39 is 0 Å². The van der Waals surface area contributed by atoms with Crippen LogP contribution in [-0.4, -0.2) is 37.4 Å². The Hall–Kier alpha value is -1.35. The van der Waals surface area contributed by atoms with Crippen LogP contribution in [0.1, 0.15) is 31.2 Å². The summed E-state index contributed by atoms with van der Waals surface area (Å²) in [5.74, 6) is 1.34. The summed E-state index contributed by atoms with van der Waals surface area (Å²) in [4.78, 5) is 13.6. The summed E-state index contributed by atoms with van der Waals surface area (Å²) < 4.78 is 5.16. The second-order valence-corrected chi connectivity index (χ2v) is 5.35. The van der Waals surface area contributed by atoms with Crippen LogP contribution in [0.25, 0.3) is 0 Å². The maximum atomic E-state index is 11.2. The van der Waals surface area contributed by atoms with Crippen molar-refractivity contribution >= 4 is 5.78 Å². The molecule has 1 aliphatic carbocycles. The highest BCUT2D eigenvalue weighted by Gasteiger charge is 2.21. The van der Waals surface area contributed by atoms with E-state index >= 15 is 0 Å². The van der Waals surface area contributed by atoms with Gasteiger partial charge in [0.15, 0.2) is 0 Å². The van der Waals surface area contributed by atoms with Crippen molar-refractivity contribution in [3.05, 3.63) is 29.8 Å². The standard InChI is InChI=1S/C16H23NO2/c1-17(14-5-7-15(18)8-6-14)12-11-13-3-9-16(19-2)10-4-13/h3-4,9-10,14H,5-8,11-12H2,1-2H3. The molecule has 0 unspecified atom stereocenters. The van der Waals surface area contributed by atoms with Crippen molar-refractivity contribution < 1.29 is 9.53 Å². The first-order valence-electron chi connectivity index (χ1n) is 7.04. The molecule has 0 aliphatic heterocycles. The Kier molecular flexibility index (Phi) is 4.97. The van der Waals surface area contributed by atoms with E-state index in [2.05, 4.69) is 24.1 Å². The van der Waals surface area contributed by atoms with Gasteiger partial charge in [-0.2, -0.15) is 0 Å². The summed E-state index contributed by atoms with van der Waals surface area (Å²) in [5, 5.41) is 0. The van der Waals surface area contributed by atoms with Crippen molar-refractivity contribution in [3.8, 4) is 5.75 Å². The van der Waals surface area contributed by atoms with Crippen molar-refractivity contribution in [3.63, 3.8) is 0 Å². The van der Waals surface area contributed by atoms with Crippen LogP contribution in [0.5, 0.6) is 5.75 Å². The molecule has 1 aromatic rings. The van der Waals surface area contributed by atoms with Gasteiger partial charge in [-0.3, -0.25) is 4.79 Å². The van der Waals surface area contributed by atoms with E-state index in [0.717, 1.165) is 44.4 Å². The number of methoxy groups -OCH3 is 1. The second-order valence-electron chi connectivity index (χ2n) is 5.35. The lowest BCUT2D eigenvalue weighted by Crippen LogP contribution is -2.36. The first-order valence-corrected chi connectivity index (χ1v) is 7.04. The molecule has 0 N–H and O–H groups in total. The summed E-state index contributed by atoms with van der Waals surface area (Å²) in [6, 6.07) is 8.84. The fourth-order valence-corrected chi connectivity index (χ4v) is 2.65. The number of carbonyl (C=O) groups is 1. The van der Waals surface area contributed by atoms with Gasteiger partial charge in [0, 0.05) is 25.4 Å². The molecule has 1 fully saturated rings. The molecule has 1 saturated carbocycles. The zero-order valence-electron chi connectivity index (χ0n) is 11.9. The molecule has 1 aromatic carbocycles. The first kappa shape index (κ1) is 14.1. The predicted molar refractivity (Wildman–Crippen MR) is 76.6 cm³/mol. The van der Waals surface area contributed by atoms with Crippen molar-refractivity contribution in [1.82, 2.24) is 4.90 Å². The molecular formula is C16H23NO2. The van der Waals surface area contributed by atoms with E-state index in [1.807, 2.05) is 12.1 Å². The minimum Gasteiger partial charge on any atom is -0.497 e. The van der Waals surface area contributed by atoms with E-state index in [-0.39, 0.29) is 0 Å². The SMILES string of the molecule is COc1ccc(CCN(C)C2CCC(=O)CC2)cc1. The molecule has 0 heterocycles. The fourth-order valence-electron chi connectivity index (χ4n) is 2.65. The number of rotatable bonds is 5. The van der Waals surface area contributed by atoms with Gasteiger partial charge in [-0.15, -0.1) is 0 Å². The molecule has 0 atom stereocenters. The number of benzene rings is 1. The molecule has 0 spiro atoms. The molecule has 0 radical (unpaired) electrons. The van der Waals surface area contributed by atoms with Gasteiger partial charge in [-0.05, 0) is 44.0 Å². The Morgan fingerprint density at radius 2 is 1.84 bits per heavy atom. The molecule has 0 saturated heterocycles. The van der Waals surface area contributed by atoms with E-state index in [9.17, 15) is 4.79 Å². The van der Waals surface area contributed by atoms with Crippen LogP contribution in [0.2, 0.25) is 0 Å². The van der Waals surface area contributed by atoms with Crippen molar-refractivity contribution in [2.24, 2.45) is 0 Å². The number of hydrogen-bond donors (Lipinski definition) is 0. The Bertz CT molecular complexity index is 403. The van der Waals surface area contributed by atoms with Crippen LogP contribution in [0, 0.1) is 0 Å². The van der Waals surface area contributed by atoms with Crippen LogP contribution in [-0.2, 0) is 11.2 Å². The van der Waals surface area contributed by atoms with E-state index in [1.165, 1.54) is 5.56 Å². The Balaban J connectivity index is 1.79. The van der Waals surface area contributed by atoms with Crippen molar-refractivity contribution in [1.29, 1.82) is 0 Å². The minimum atomic E-state index is 0.430. The zero-order chi connectivity index (χ0) is 13.7. The second kappa shape index (κ2) is 6.71. The molecule has 2 rings (SSSR count). The predicted octanol–water partition coefficient (Wildman–Crippen LogP) is 2.68. The number of ketones is 1. The molecule has 19 heavy (non-hydrogen) atoms. The Morgan fingerprint density at radius 1 is 1.21 bits per heavy atom. The number of ether oxygens (including phenoxy) is 1. The average Bonchev–Trinajstić information content (AvgIpc) is 2.46. The van der Waals surface area contributed by atoms with Gasteiger partial charge < -0.3 is 9.64 Å². The lowest BCUT2D eigenvalue weighted by Gasteiger charge is -2.30. The lowest BCUT2D eigenvalue weighted by atomic mass is 9.93. The number of Topliss-reactive ketones (excluding diaryl/α,β-unsaturated/α-hetero) is 1.